The van der Waals surface area contributed by atoms with Crippen molar-refractivity contribution >= 4 is 25.3 Å². The maximum atomic E-state index is 13.6. The Morgan fingerprint density at radius 2 is 1.94 bits per heavy atom. The molecule has 14 heteroatoms. The highest BCUT2D eigenvalue weighted by Gasteiger charge is 2.54. The Morgan fingerprint density at radius 1 is 1.28 bits per heavy atom. The van der Waals surface area contributed by atoms with Gasteiger partial charge in [-0.25, -0.2) is 9.36 Å². The summed E-state index contributed by atoms with van der Waals surface area (Å²) in [6.45, 7) is 5.75. The number of esters is 1. The standard InChI is InChI=1S/C22H29ClN3O9P/c1-13(2)33-19(29)14(3)25-36(31,35-15-8-6-5-7-9-15)32-12-16-18(28)22(4,23)20(34-16)26-11-10-17(27)24-21(26)30/h5-11,13-14,16,18,20,28H,12H2,1-4H3,(H,25,31)(H,24,27,30)/t14-,16-,18-,20-,22-,36?/m1/s1. The number of aliphatic hydroxyl groups is 1. The van der Waals surface area contributed by atoms with Crippen molar-refractivity contribution in [2.75, 3.05) is 6.61 Å². The lowest BCUT2D eigenvalue weighted by Crippen LogP contribution is -2.43. The van der Waals surface area contributed by atoms with E-state index in [2.05, 4.69) is 10.1 Å². The monoisotopic (exact) mass is 545 g/mol. The number of halogens is 1. The maximum absolute atomic E-state index is 13.6. The second kappa shape index (κ2) is 11.3. The van der Waals surface area contributed by atoms with Crippen LogP contribution < -0.4 is 20.9 Å². The summed E-state index contributed by atoms with van der Waals surface area (Å²) in [5.74, 6) is -0.473. The van der Waals surface area contributed by atoms with Gasteiger partial charge in [0.05, 0.1) is 12.7 Å². The van der Waals surface area contributed by atoms with Gasteiger partial charge in [0.15, 0.2) is 6.23 Å². The highest BCUT2D eigenvalue weighted by Crippen LogP contribution is 2.48. The maximum Gasteiger partial charge on any atom is 0.459 e. The number of aromatic nitrogens is 2. The van der Waals surface area contributed by atoms with Gasteiger partial charge in [0.1, 0.15) is 28.9 Å². The summed E-state index contributed by atoms with van der Waals surface area (Å²) in [5.41, 5.74) is -1.40. The van der Waals surface area contributed by atoms with Gasteiger partial charge in [0.2, 0.25) is 0 Å². The zero-order valence-electron chi connectivity index (χ0n) is 20.1. The van der Waals surface area contributed by atoms with E-state index in [-0.39, 0.29) is 5.75 Å². The molecule has 36 heavy (non-hydrogen) atoms. The van der Waals surface area contributed by atoms with Gasteiger partial charge in [0, 0.05) is 12.3 Å². The Morgan fingerprint density at radius 3 is 2.56 bits per heavy atom. The quantitative estimate of drug-likeness (QED) is 0.229. The fourth-order valence-electron chi connectivity index (χ4n) is 3.47. The number of rotatable bonds is 10. The van der Waals surface area contributed by atoms with Crippen molar-refractivity contribution in [2.24, 2.45) is 0 Å². The lowest BCUT2D eigenvalue weighted by atomic mass is 10.0. The lowest BCUT2D eigenvalue weighted by Gasteiger charge is -2.26. The molecule has 0 bridgehead atoms. The summed E-state index contributed by atoms with van der Waals surface area (Å²) in [5, 5.41) is 13.3. The van der Waals surface area contributed by atoms with Crippen molar-refractivity contribution in [1.82, 2.24) is 14.6 Å². The molecule has 1 saturated heterocycles. The van der Waals surface area contributed by atoms with Gasteiger partial charge in [-0.2, -0.15) is 5.09 Å². The molecule has 198 valence electrons. The van der Waals surface area contributed by atoms with Crippen LogP contribution in [0.5, 0.6) is 5.75 Å². The molecular weight excluding hydrogens is 517 g/mol. The number of alkyl halides is 1. The van der Waals surface area contributed by atoms with Crippen LogP contribution in [0.15, 0.2) is 52.2 Å². The number of hydrogen-bond acceptors (Lipinski definition) is 9. The third-order valence-electron chi connectivity index (χ3n) is 5.26. The van der Waals surface area contributed by atoms with Gasteiger partial charge < -0.3 is 19.1 Å². The van der Waals surface area contributed by atoms with Crippen molar-refractivity contribution in [3.8, 4) is 5.75 Å². The van der Waals surface area contributed by atoms with Crippen LogP contribution in [0.2, 0.25) is 0 Å². The Bertz CT molecular complexity index is 1220. The number of carbonyl (C=O) groups excluding carboxylic acids is 1. The number of H-pyrrole nitrogens is 1. The van der Waals surface area contributed by atoms with Gasteiger partial charge in [-0.1, -0.05) is 18.2 Å². The number of nitrogens with zero attached hydrogens (tertiary/aromatic N) is 1. The third kappa shape index (κ3) is 6.64. The SMILES string of the molecule is CC(C)OC(=O)[C@@H](C)NP(=O)(OC[C@H]1O[C@@H](n2ccc(=O)[nH]c2=O)[C@](C)(Cl)[C@@H]1O)Oc1ccccc1. The van der Waals surface area contributed by atoms with Crippen LogP contribution in [0.4, 0.5) is 0 Å². The molecule has 3 N–H and O–H groups in total. The number of carbonyl (C=O) groups is 1. The molecule has 0 aliphatic carbocycles. The van der Waals surface area contributed by atoms with Crippen LogP contribution >= 0.6 is 19.3 Å². The molecular formula is C22H29ClN3O9P. The Kier molecular flexibility index (Phi) is 8.81. The molecule has 1 aromatic heterocycles. The van der Waals surface area contributed by atoms with Crippen molar-refractivity contribution in [1.29, 1.82) is 0 Å². The van der Waals surface area contributed by atoms with Crippen molar-refractivity contribution in [2.45, 2.75) is 63.2 Å². The van der Waals surface area contributed by atoms with E-state index in [1.807, 2.05) is 0 Å². The first kappa shape index (κ1) is 28.1. The van der Waals surface area contributed by atoms with E-state index in [1.54, 1.807) is 44.2 Å². The number of ether oxygens (including phenoxy) is 2. The molecule has 0 radical (unpaired) electrons. The summed E-state index contributed by atoms with van der Waals surface area (Å²) >= 11 is 6.52. The first-order chi connectivity index (χ1) is 16.8. The molecule has 1 unspecified atom stereocenters. The molecule has 1 aromatic carbocycles. The van der Waals surface area contributed by atoms with Gasteiger partial charge in [0.25, 0.3) is 5.56 Å². The summed E-state index contributed by atoms with van der Waals surface area (Å²) < 4.78 is 36.7. The number of aromatic amines is 1. The van der Waals surface area contributed by atoms with E-state index >= 15 is 0 Å². The third-order valence-corrected chi connectivity index (χ3v) is 7.31. The van der Waals surface area contributed by atoms with Crippen LogP contribution in [-0.4, -0.2) is 56.5 Å². The Labute approximate surface area is 212 Å². The predicted octanol–water partition coefficient (Wildman–Crippen LogP) is 1.93. The van der Waals surface area contributed by atoms with E-state index in [0.29, 0.717) is 0 Å². The van der Waals surface area contributed by atoms with Crippen molar-refractivity contribution < 1.29 is 33.0 Å². The molecule has 0 saturated carbocycles. The normalized spacial score (nSPS) is 26.4. The van der Waals surface area contributed by atoms with Crippen LogP contribution in [-0.2, 0) is 23.4 Å². The van der Waals surface area contributed by atoms with Crippen molar-refractivity contribution in [3.05, 3.63) is 63.4 Å². The van der Waals surface area contributed by atoms with E-state index in [4.69, 9.17) is 30.1 Å². The first-order valence-corrected chi connectivity index (χ1v) is 13.1. The zero-order chi connectivity index (χ0) is 26.7. The number of nitrogens with one attached hydrogen (secondary N) is 2. The summed E-state index contributed by atoms with van der Waals surface area (Å²) in [7, 11) is -4.22. The summed E-state index contributed by atoms with van der Waals surface area (Å²) in [6.07, 6.45) is -2.92. The topological polar surface area (TPSA) is 158 Å². The molecule has 0 amide bonds. The van der Waals surface area contributed by atoms with Crippen LogP contribution in [0, 0.1) is 0 Å². The fraction of sp³-hybridized carbons (Fsp3) is 0.500. The van der Waals surface area contributed by atoms with Gasteiger partial charge in [-0.3, -0.25) is 23.7 Å². The van der Waals surface area contributed by atoms with Gasteiger partial charge >= 0.3 is 19.4 Å². The molecule has 1 aliphatic heterocycles. The Balaban J connectivity index is 1.80. The smallest absolute Gasteiger partial charge is 0.459 e. The molecule has 2 aromatic rings. The van der Waals surface area contributed by atoms with E-state index < -0.39 is 67.0 Å². The van der Waals surface area contributed by atoms with Crippen LogP contribution in [0.1, 0.15) is 33.9 Å². The van der Waals surface area contributed by atoms with E-state index in [0.717, 1.165) is 10.6 Å². The average Bonchev–Trinajstić information content (AvgIpc) is 3.01. The minimum absolute atomic E-state index is 0.200. The summed E-state index contributed by atoms with van der Waals surface area (Å²) in [6, 6.07) is 8.18. The number of benzene rings is 1. The van der Waals surface area contributed by atoms with E-state index in [1.165, 1.54) is 20.0 Å². The molecule has 12 nitrogen and oxygen atoms in total. The summed E-state index contributed by atoms with van der Waals surface area (Å²) in [4.78, 5) is 36.5. The van der Waals surface area contributed by atoms with Crippen LogP contribution in [0.25, 0.3) is 0 Å². The molecule has 0 spiro atoms. The van der Waals surface area contributed by atoms with Crippen molar-refractivity contribution in [3.63, 3.8) is 0 Å². The molecule has 6 atom stereocenters. The molecule has 3 rings (SSSR count). The minimum Gasteiger partial charge on any atom is -0.462 e. The minimum atomic E-state index is -4.22. The first-order valence-electron chi connectivity index (χ1n) is 11.1. The number of hydrogen-bond donors (Lipinski definition) is 3. The van der Waals surface area contributed by atoms with Gasteiger partial charge in [-0.05, 0) is 39.8 Å². The zero-order valence-corrected chi connectivity index (χ0v) is 21.8. The molecule has 1 fully saturated rings. The Hall–Kier alpha value is -2.47. The highest BCUT2D eigenvalue weighted by molar-refractivity contribution is 7.52. The highest BCUT2D eigenvalue weighted by atomic mass is 35.5. The second-order valence-electron chi connectivity index (χ2n) is 8.67. The molecule has 2 heterocycles. The average molecular weight is 546 g/mol. The van der Waals surface area contributed by atoms with Crippen LogP contribution in [0.3, 0.4) is 0 Å². The second-order valence-corrected chi connectivity index (χ2v) is 11.2. The largest absolute Gasteiger partial charge is 0.462 e. The molecule has 1 aliphatic rings. The van der Waals surface area contributed by atoms with E-state index in [9.17, 15) is 24.1 Å². The number of para-hydroxylation sites is 1. The fourth-order valence-corrected chi connectivity index (χ4v) is 5.27. The predicted molar refractivity (Wildman–Crippen MR) is 130 cm³/mol. The van der Waals surface area contributed by atoms with Gasteiger partial charge in [-0.15, -0.1) is 11.6 Å². The number of aliphatic hydroxyl groups excluding tert-OH is 1. The lowest BCUT2D eigenvalue weighted by molar-refractivity contribution is -0.149.